The van der Waals surface area contributed by atoms with Crippen LogP contribution >= 0.6 is 11.6 Å². The van der Waals surface area contributed by atoms with Crippen molar-refractivity contribution in [3.05, 3.63) is 35.2 Å². The largest absolute Gasteiger partial charge is 0.340 e. The van der Waals surface area contributed by atoms with Gasteiger partial charge in [-0.05, 0) is 37.7 Å². The van der Waals surface area contributed by atoms with Gasteiger partial charge in [-0.25, -0.2) is 0 Å². The standard InChI is InChI=1S/C17H21ClN4O2/c1-21-9-11-22(12-10-21)16(23)4-2-3-15-19-17(20-24-15)13-5-7-14(18)8-6-13/h5-8H,2-4,9-12H2,1H3. The fourth-order valence-electron chi connectivity index (χ4n) is 2.68. The first kappa shape index (κ1) is 16.9. The summed E-state index contributed by atoms with van der Waals surface area (Å²) in [4.78, 5) is 20.7. The van der Waals surface area contributed by atoms with Crippen LogP contribution in [0.2, 0.25) is 5.02 Å². The summed E-state index contributed by atoms with van der Waals surface area (Å²) in [6.45, 7) is 3.52. The summed E-state index contributed by atoms with van der Waals surface area (Å²) in [5, 5.41) is 4.65. The lowest BCUT2D eigenvalue weighted by Crippen LogP contribution is -2.47. The van der Waals surface area contributed by atoms with Crippen molar-refractivity contribution in [1.82, 2.24) is 19.9 Å². The smallest absolute Gasteiger partial charge is 0.226 e. The lowest BCUT2D eigenvalue weighted by Gasteiger charge is -2.32. The normalized spacial score (nSPS) is 15.7. The molecule has 0 saturated carbocycles. The zero-order valence-electron chi connectivity index (χ0n) is 13.7. The Morgan fingerprint density at radius 2 is 1.92 bits per heavy atom. The molecule has 6 nitrogen and oxygen atoms in total. The predicted molar refractivity (Wildman–Crippen MR) is 91.8 cm³/mol. The quantitative estimate of drug-likeness (QED) is 0.830. The molecule has 2 aromatic rings. The van der Waals surface area contributed by atoms with Gasteiger partial charge in [-0.15, -0.1) is 0 Å². The van der Waals surface area contributed by atoms with Crippen LogP contribution in [0, 0.1) is 0 Å². The number of likely N-dealkylation sites (N-methyl/N-ethyl adjacent to an activating group) is 1. The average molecular weight is 349 g/mol. The molecule has 1 aromatic heterocycles. The summed E-state index contributed by atoms with van der Waals surface area (Å²) in [6.07, 6.45) is 1.84. The molecule has 0 radical (unpaired) electrons. The Kier molecular flexibility index (Phi) is 5.48. The molecule has 1 aliphatic heterocycles. The van der Waals surface area contributed by atoms with Gasteiger partial charge >= 0.3 is 0 Å². The molecule has 1 fully saturated rings. The Labute approximate surface area is 146 Å². The van der Waals surface area contributed by atoms with E-state index in [0.29, 0.717) is 36.0 Å². The number of hydrogen-bond acceptors (Lipinski definition) is 5. The third kappa shape index (κ3) is 4.33. The third-order valence-corrected chi connectivity index (χ3v) is 4.46. The molecule has 3 rings (SSSR count). The van der Waals surface area contributed by atoms with Gasteiger partial charge in [0.1, 0.15) is 0 Å². The number of benzene rings is 1. The van der Waals surface area contributed by atoms with Crippen LogP contribution in [0.4, 0.5) is 0 Å². The lowest BCUT2D eigenvalue weighted by atomic mass is 10.2. The monoisotopic (exact) mass is 348 g/mol. The summed E-state index contributed by atoms with van der Waals surface area (Å²) in [5.41, 5.74) is 0.864. The molecule has 1 saturated heterocycles. The number of aryl methyl sites for hydroxylation is 1. The van der Waals surface area contributed by atoms with E-state index in [1.54, 1.807) is 12.1 Å². The number of halogens is 1. The van der Waals surface area contributed by atoms with Crippen molar-refractivity contribution in [3.8, 4) is 11.4 Å². The van der Waals surface area contributed by atoms with E-state index < -0.39 is 0 Å². The fraction of sp³-hybridized carbons (Fsp3) is 0.471. The Bertz CT molecular complexity index is 678. The summed E-state index contributed by atoms with van der Waals surface area (Å²) >= 11 is 5.87. The Balaban J connectivity index is 1.47. The molecule has 0 unspecified atom stereocenters. The predicted octanol–water partition coefficient (Wildman–Crippen LogP) is 2.49. The number of carbonyl (C=O) groups is 1. The van der Waals surface area contributed by atoms with E-state index in [1.165, 1.54) is 0 Å². The second-order valence-corrected chi connectivity index (χ2v) is 6.49. The molecule has 0 N–H and O–H groups in total. The molecule has 2 heterocycles. The minimum absolute atomic E-state index is 0.209. The van der Waals surface area contributed by atoms with Crippen LogP contribution in [0.1, 0.15) is 18.7 Å². The third-order valence-electron chi connectivity index (χ3n) is 4.21. The van der Waals surface area contributed by atoms with Gasteiger partial charge in [0.25, 0.3) is 0 Å². The molecule has 7 heteroatoms. The SMILES string of the molecule is CN1CCN(C(=O)CCCc2nc(-c3ccc(Cl)cc3)no2)CC1. The molecular weight excluding hydrogens is 328 g/mol. The number of hydrogen-bond donors (Lipinski definition) is 0. The minimum atomic E-state index is 0.209. The Morgan fingerprint density at radius 3 is 2.62 bits per heavy atom. The van der Waals surface area contributed by atoms with Crippen molar-refractivity contribution in [2.45, 2.75) is 19.3 Å². The van der Waals surface area contributed by atoms with Crippen LogP contribution in [0.5, 0.6) is 0 Å². The maximum Gasteiger partial charge on any atom is 0.226 e. The summed E-state index contributed by atoms with van der Waals surface area (Å²) in [7, 11) is 2.08. The topological polar surface area (TPSA) is 62.5 Å². The van der Waals surface area contributed by atoms with Crippen molar-refractivity contribution in [2.24, 2.45) is 0 Å². The fourth-order valence-corrected chi connectivity index (χ4v) is 2.80. The maximum atomic E-state index is 12.2. The van der Waals surface area contributed by atoms with E-state index in [-0.39, 0.29) is 5.91 Å². The average Bonchev–Trinajstić information content (AvgIpc) is 3.05. The van der Waals surface area contributed by atoms with Gasteiger partial charge < -0.3 is 14.3 Å². The van der Waals surface area contributed by atoms with Crippen molar-refractivity contribution in [2.75, 3.05) is 33.2 Å². The van der Waals surface area contributed by atoms with Crippen molar-refractivity contribution < 1.29 is 9.32 Å². The van der Waals surface area contributed by atoms with E-state index in [9.17, 15) is 4.79 Å². The molecule has 1 aliphatic rings. The number of nitrogens with zero attached hydrogens (tertiary/aromatic N) is 4. The minimum Gasteiger partial charge on any atom is -0.340 e. The number of amides is 1. The molecule has 24 heavy (non-hydrogen) atoms. The highest BCUT2D eigenvalue weighted by Crippen LogP contribution is 2.19. The maximum absolute atomic E-state index is 12.2. The van der Waals surface area contributed by atoms with Gasteiger partial charge in [0, 0.05) is 49.6 Å². The highest BCUT2D eigenvalue weighted by atomic mass is 35.5. The van der Waals surface area contributed by atoms with Gasteiger partial charge in [-0.1, -0.05) is 16.8 Å². The van der Waals surface area contributed by atoms with Crippen LogP contribution in [0.3, 0.4) is 0 Å². The van der Waals surface area contributed by atoms with E-state index in [2.05, 4.69) is 22.1 Å². The van der Waals surface area contributed by atoms with Crippen molar-refractivity contribution in [3.63, 3.8) is 0 Å². The second kappa shape index (κ2) is 7.77. The van der Waals surface area contributed by atoms with E-state index in [4.69, 9.17) is 16.1 Å². The Hall–Kier alpha value is -1.92. The molecule has 0 aliphatic carbocycles. The summed E-state index contributed by atoms with van der Waals surface area (Å²) in [5.74, 6) is 1.32. The zero-order chi connectivity index (χ0) is 16.9. The lowest BCUT2D eigenvalue weighted by molar-refractivity contribution is -0.132. The van der Waals surface area contributed by atoms with Crippen LogP contribution in [-0.4, -0.2) is 59.1 Å². The van der Waals surface area contributed by atoms with Crippen LogP contribution < -0.4 is 0 Å². The molecule has 1 aromatic carbocycles. The molecule has 0 spiro atoms. The summed E-state index contributed by atoms with van der Waals surface area (Å²) < 4.78 is 5.26. The van der Waals surface area contributed by atoms with Crippen molar-refractivity contribution in [1.29, 1.82) is 0 Å². The number of rotatable bonds is 5. The van der Waals surface area contributed by atoms with Gasteiger partial charge in [-0.3, -0.25) is 4.79 Å². The highest BCUT2D eigenvalue weighted by Gasteiger charge is 2.18. The highest BCUT2D eigenvalue weighted by molar-refractivity contribution is 6.30. The van der Waals surface area contributed by atoms with Gasteiger partial charge in [0.15, 0.2) is 0 Å². The van der Waals surface area contributed by atoms with Gasteiger partial charge in [0.2, 0.25) is 17.6 Å². The van der Waals surface area contributed by atoms with E-state index in [1.807, 2.05) is 17.0 Å². The zero-order valence-corrected chi connectivity index (χ0v) is 14.5. The molecule has 0 atom stereocenters. The van der Waals surface area contributed by atoms with E-state index >= 15 is 0 Å². The van der Waals surface area contributed by atoms with Gasteiger partial charge in [0.05, 0.1) is 0 Å². The first-order valence-electron chi connectivity index (χ1n) is 8.16. The number of piperazine rings is 1. The molecule has 128 valence electrons. The van der Waals surface area contributed by atoms with Crippen LogP contribution in [-0.2, 0) is 11.2 Å². The second-order valence-electron chi connectivity index (χ2n) is 6.06. The molecule has 1 amide bonds. The van der Waals surface area contributed by atoms with Crippen molar-refractivity contribution >= 4 is 17.5 Å². The Morgan fingerprint density at radius 1 is 1.21 bits per heavy atom. The molecule has 0 bridgehead atoms. The van der Waals surface area contributed by atoms with Crippen LogP contribution in [0.15, 0.2) is 28.8 Å². The first-order valence-corrected chi connectivity index (χ1v) is 8.54. The first-order chi connectivity index (χ1) is 11.6. The molecular formula is C17H21ClN4O2. The number of aromatic nitrogens is 2. The van der Waals surface area contributed by atoms with Gasteiger partial charge in [-0.2, -0.15) is 4.98 Å². The summed E-state index contributed by atoms with van der Waals surface area (Å²) in [6, 6.07) is 7.30. The number of carbonyl (C=O) groups excluding carboxylic acids is 1. The van der Waals surface area contributed by atoms with E-state index in [0.717, 1.165) is 31.7 Å². The van der Waals surface area contributed by atoms with Crippen LogP contribution in [0.25, 0.3) is 11.4 Å².